The van der Waals surface area contributed by atoms with Gasteiger partial charge in [-0.3, -0.25) is 9.69 Å². The number of nitrogens with two attached hydrogens (primary N) is 1. The van der Waals surface area contributed by atoms with Gasteiger partial charge < -0.3 is 11.1 Å². The van der Waals surface area contributed by atoms with E-state index in [9.17, 15) is 9.59 Å². The molecule has 1 aliphatic heterocycles. The highest BCUT2D eigenvalue weighted by atomic mass is 16.2. The van der Waals surface area contributed by atoms with Crippen molar-refractivity contribution >= 4 is 23.3 Å². The summed E-state index contributed by atoms with van der Waals surface area (Å²) in [6.07, 6.45) is 0.796. The molecular formula is C13H17N3O2. The topological polar surface area (TPSA) is 75.4 Å². The van der Waals surface area contributed by atoms with Gasteiger partial charge in [0.2, 0.25) is 5.91 Å². The zero-order chi connectivity index (χ0) is 13.3. The number of nitrogens with one attached hydrogen (secondary N) is 1. The average molecular weight is 247 g/mol. The molecule has 96 valence electrons. The summed E-state index contributed by atoms with van der Waals surface area (Å²) in [6.45, 7) is 3.92. The van der Waals surface area contributed by atoms with E-state index in [0.717, 1.165) is 6.42 Å². The van der Waals surface area contributed by atoms with Crippen LogP contribution in [0.4, 0.5) is 16.2 Å². The minimum atomic E-state index is -0.595. The van der Waals surface area contributed by atoms with Gasteiger partial charge in [-0.05, 0) is 18.1 Å². The summed E-state index contributed by atoms with van der Waals surface area (Å²) in [5, 5.41) is 2.82. The molecule has 0 saturated heterocycles. The molecule has 1 aromatic carbocycles. The molecule has 3 N–H and O–H groups in total. The Balaban J connectivity index is 2.51. The minimum absolute atomic E-state index is 0.0471. The van der Waals surface area contributed by atoms with Gasteiger partial charge in [-0.25, -0.2) is 4.79 Å². The molecule has 1 aliphatic rings. The maximum atomic E-state index is 12.1. The molecule has 18 heavy (non-hydrogen) atoms. The van der Waals surface area contributed by atoms with Crippen molar-refractivity contribution in [3.05, 3.63) is 24.3 Å². The van der Waals surface area contributed by atoms with Crippen LogP contribution in [0.2, 0.25) is 0 Å². The Bertz CT molecular complexity index is 487. The van der Waals surface area contributed by atoms with Crippen LogP contribution in [-0.4, -0.2) is 18.0 Å². The molecule has 5 heteroatoms. The summed E-state index contributed by atoms with van der Waals surface area (Å²) in [5.74, 6) is -0.132. The average Bonchev–Trinajstić information content (AvgIpc) is 2.35. The number of benzene rings is 1. The lowest BCUT2D eigenvalue weighted by Crippen LogP contribution is -2.55. The summed E-state index contributed by atoms with van der Waals surface area (Å²) < 4.78 is 0. The summed E-state index contributed by atoms with van der Waals surface area (Å²) in [6, 6.07) is 6.04. The van der Waals surface area contributed by atoms with Crippen molar-refractivity contribution in [2.75, 3.05) is 10.2 Å². The van der Waals surface area contributed by atoms with Gasteiger partial charge in [-0.15, -0.1) is 0 Å². The number of carbonyl (C=O) groups excluding carboxylic acids is 2. The standard InChI is InChI=1S/C13H17N3O2/c1-3-8(2)11-12(17)15-9-6-4-5-7-10(9)16(11)13(14)18/h4-8,11H,3H2,1-2H3,(H2,14,18)(H,15,17)/t8-,11-/m0/s1. The predicted octanol–water partition coefficient (Wildman–Crippen LogP) is 1.94. The Morgan fingerprint density at radius 1 is 1.50 bits per heavy atom. The lowest BCUT2D eigenvalue weighted by molar-refractivity contribution is -0.118. The molecule has 2 rings (SSSR count). The smallest absolute Gasteiger partial charge is 0.320 e. The quantitative estimate of drug-likeness (QED) is 0.838. The van der Waals surface area contributed by atoms with E-state index in [2.05, 4.69) is 5.32 Å². The third kappa shape index (κ3) is 1.92. The van der Waals surface area contributed by atoms with Gasteiger partial charge in [-0.1, -0.05) is 32.4 Å². The van der Waals surface area contributed by atoms with Crippen LogP contribution < -0.4 is 16.0 Å². The number of fused-ring (bicyclic) bond motifs is 1. The Labute approximate surface area is 106 Å². The molecule has 0 saturated carbocycles. The number of hydrogen-bond donors (Lipinski definition) is 2. The SMILES string of the molecule is CC[C@H](C)[C@H]1C(=O)Nc2ccccc2N1C(N)=O. The highest BCUT2D eigenvalue weighted by Gasteiger charge is 2.38. The highest BCUT2D eigenvalue weighted by Crippen LogP contribution is 2.34. The van der Waals surface area contributed by atoms with Gasteiger partial charge >= 0.3 is 6.03 Å². The van der Waals surface area contributed by atoms with E-state index in [-0.39, 0.29) is 11.8 Å². The molecule has 0 unspecified atom stereocenters. The van der Waals surface area contributed by atoms with Gasteiger partial charge in [0.05, 0.1) is 11.4 Å². The van der Waals surface area contributed by atoms with Crippen molar-refractivity contribution < 1.29 is 9.59 Å². The molecule has 2 atom stereocenters. The van der Waals surface area contributed by atoms with Crippen LogP contribution in [0, 0.1) is 5.92 Å². The fourth-order valence-electron chi connectivity index (χ4n) is 2.26. The Morgan fingerprint density at radius 2 is 2.17 bits per heavy atom. The van der Waals surface area contributed by atoms with Crippen LogP contribution in [0.1, 0.15) is 20.3 Å². The normalized spacial score (nSPS) is 20.0. The van der Waals surface area contributed by atoms with E-state index in [1.54, 1.807) is 12.1 Å². The second-order valence-corrected chi connectivity index (χ2v) is 4.55. The predicted molar refractivity (Wildman–Crippen MR) is 70.4 cm³/mol. The Morgan fingerprint density at radius 3 is 2.78 bits per heavy atom. The fraction of sp³-hybridized carbons (Fsp3) is 0.385. The molecular weight excluding hydrogens is 230 g/mol. The van der Waals surface area contributed by atoms with Gasteiger partial charge in [0.1, 0.15) is 6.04 Å². The molecule has 0 aliphatic carbocycles. The lowest BCUT2D eigenvalue weighted by atomic mass is 9.94. The van der Waals surface area contributed by atoms with Gasteiger partial charge in [0.15, 0.2) is 0 Å². The fourth-order valence-corrected chi connectivity index (χ4v) is 2.26. The first-order valence-electron chi connectivity index (χ1n) is 6.04. The van der Waals surface area contributed by atoms with Gasteiger partial charge in [-0.2, -0.15) is 0 Å². The summed E-state index contributed by atoms with van der Waals surface area (Å²) in [4.78, 5) is 25.2. The molecule has 0 radical (unpaired) electrons. The van der Waals surface area contributed by atoms with Crippen LogP contribution in [0.5, 0.6) is 0 Å². The second-order valence-electron chi connectivity index (χ2n) is 4.55. The molecule has 3 amide bonds. The minimum Gasteiger partial charge on any atom is -0.351 e. The van der Waals surface area contributed by atoms with Crippen LogP contribution >= 0.6 is 0 Å². The van der Waals surface area contributed by atoms with Crippen molar-refractivity contribution in [1.82, 2.24) is 0 Å². The van der Waals surface area contributed by atoms with Gasteiger partial charge in [0.25, 0.3) is 0 Å². The van der Waals surface area contributed by atoms with Crippen molar-refractivity contribution in [3.63, 3.8) is 0 Å². The molecule has 0 fully saturated rings. The molecule has 1 heterocycles. The summed E-state index contributed by atoms with van der Waals surface area (Å²) in [7, 11) is 0. The van der Waals surface area contributed by atoms with Crippen molar-refractivity contribution in [3.8, 4) is 0 Å². The van der Waals surface area contributed by atoms with Gasteiger partial charge in [0, 0.05) is 0 Å². The number of rotatable bonds is 2. The van der Waals surface area contributed by atoms with E-state index >= 15 is 0 Å². The third-order valence-corrected chi connectivity index (χ3v) is 3.39. The number of hydrogen-bond acceptors (Lipinski definition) is 2. The number of amides is 3. The number of urea groups is 1. The van der Waals surface area contributed by atoms with Crippen LogP contribution in [-0.2, 0) is 4.79 Å². The molecule has 0 bridgehead atoms. The molecule has 0 aromatic heterocycles. The maximum absolute atomic E-state index is 12.1. The summed E-state index contributed by atoms with van der Waals surface area (Å²) in [5.41, 5.74) is 6.72. The van der Waals surface area contributed by atoms with E-state index in [1.807, 2.05) is 26.0 Å². The van der Waals surface area contributed by atoms with Crippen LogP contribution in [0.15, 0.2) is 24.3 Å². The number of primary amides is 1. The Kier molecular flexibility index (Phi) is 3.23. The van der Waals surface area contributed by atoms with E-state index in [4.69, 9.17) is 5.73 Å². The molecule has 0 spiro atoms. The summed E-state index contributed by atoms with van der Waals surface area (Å²) >= 11 is 0. The first-order valence-corrected chi connectivity index (χ1v) is 6.04. The largest absolute Gasteiger partial charge is 0.351 e. The first kappa shape index (κ1) is 12.4. The van der Waals surface area contributed by atoms with Crippen molar-refractivity contribution in [1.29, 1.82) is 0 Å². The molecule has 1 aromatic rings. The second kappa shape index (κ2) is 4.68. The maximum Gasteiger partial charge on any atom is 0.320 e. The van der Waals surface area contributed by atoms with E-state index in [1.165, 1.54) is 4.90 Å². The van der Waals surface area contributed by atoms with Crippen LogP contribution in [0.25, 0.3) is 0 Å². The molecule has 5 nitrogen and oxygen atoms in total. The zero-order valence-electron chi connectivity index (χ0n) is 10.5. The third-order valence-electron chi connectivity index (χ3n) is 3.39. The monoisotopic (exact) mass is 247 g/mol. The number of para-hydroxylation sites is 2. The highest BCUT2D eigenvalue weighted by molar-refractivity contribution is 6.11. The zero-order valence-corrected chi connectivity index (χ0v) is 10.5. The number of anilines is 2. The van der Waals surface area contributed by atoms with E-state index < -0.39 is 12.1 Å². The lowest BCUT2D eigenvalue weighted by Gasteiger charge is -2.38. The van der Waals surface area contributed by atoms with Crippen molar-refractivity contribution in [2.45, 2.75) is 26.3 Å². The number of nitrogens with zero attached hydrogens (tertiary/aromatic N) is 1. The van der Waals surface area contributed by atoms with Crippen molar-refractivity contribution in [2.24, 2.45) is 11.7 Å². The van der Waals surface area contributed by atoms with E-state index in [0.29, 0.717) is 11.4 Å². The Hall–Kier alpha value is -2.04. The number of carbonyl (C=O) groups is 2. The first-order chi connectivity index (χ1) is 8.56. The van der Waals surface area contributed by atoms with Crippen LogP contribution in [0.3, 0.4) is 0 Å².